The van der Waals surface area contributed by atoms with Gasteiger partial charge in [0.05, 0.1) is 5.54 Å². The second kappa shape index (κ2) is 5.88. The number of fused-ring (bicyclic) bond motifs is 1. The van der Waals surface area contributed by atoms with Crippen LogP contribution in [0, 0.1) is 5.92 Å². The maximum absolute atomic E-state index is 12.0. The molecule has 3 fully saturated rings. The number of hydrogen-bond acceptors (Lipinski definition) is 3. The number of nitrogens with zero attached hydrogens (tertiary/aromatic N) is 1. The molecular weight excluding hydrogens is 262 g/mol. The fourth-order valence-electron chi connectivity index (χ4n) is 5.18. The zero-order chi connectivity index (χ0) is 15.0. The van der Waals surface area contributed by atoms with Crippen LogP contribution in [0.5, 0.6) is 0 Å². The van der Waals surface area contributed by atoms with Crippen LogP contribution in [0.1, 0.15) is 65.2 Å². The van der Waals surface area contributed by atoms with Crippen LogP contribution in [0.25, 0.3) is 0 Å². The highest BCUT2D eigenvalue weighted by Crippen LogP contribution is 2.42. The molecule has 0 spiro atoms. The summed E-state index contributed by atoms with van der Waals surface area (Å²) >= 11 is 0. The van der Waals surface area contributed by atoms with Crippen LogP contribution in [-0.2, 0) is 4.79 Å². The summed E-state index contributed by atoms with van der Waals surface area (Å²) in [4.78, 5) is 14.8. The Kier molecular flexibility index (Phi) is 4.28. The van der Waals surface area contributed by atoms with Crippen LogP contribution >= 0.6 is 0 Å². The second-order valence-corrected chi connectivity index (χ2v) is 7.78. The average Bonchev–Trinajstić information content (AvgIpc) is 3.02. The van der Waals surface area contributed by atoms with E-state index in [0.29, 0.717) is 12.1 Å². The molecule has 1 aliphatic heterocycles. The molecule has 2 saturated carbocycles. The van der Waals surface area contributed by atoms with Gasteiger partial charge in [0.25, 0.3) is 0 Å². The Morgan fingerprint density at radius 1 is 1.24 bits per heavy atom. The highest BCUT2D eigenvalue weighted by molar-refractivity contribution is 5.85. The van der Waals surface area contributed by atoms with E-state index >= 15 is 0 Å². The highest BCUT2D eigenvalue weighted by atomic mass is 16.1. The van der Waals surface area contributed by atoms with Gasteiger partial charge in [-0.2, -0.15) is 0 Å². The Morgan fingerprint density at radius 2 is 2.00 bits per heavy atom. The summed E-state index contributed by atoms with van der Waals surface area (Å²) in [6.45, 7) is 5.44. The van der Waals surface area contributed by atoms with Crippen molar-refractivity contribution in [1.29, 1.82) is 0 Å². The van der Waals surface area contributed by atoms with E-state index < -0.39 is 5.54 Å². The molecular formula is C17H31N3O. The topological polar surface area (TPSA) is 58.4 Å². The number of rotatable bonds is 4. The van der Waals surface area contributed by atoms with Gasteiger partial charge in [0.1, 0.15) is 0 Å². The minimum atomic E-state index is -0.467. The van der Waals surface area contributed by atoms with Crippen molar-refractivity contribution in [2.24, 2.45) is 11.7 Å². The van der Waals surface area contributed by atoms with Crippen LogP contribution in [0.3, 0.4) is 0 Å². The van der Waals surface area contributed by atoms with Crippen LogP contribution in [0.15, 0.2) is 0 Å². The second-order valence-electron chi connectivity index (χ2n) is 7.78. The lowest BCUT2D eigenvalue weighted by Gasteiger charge is -2.37. The standard InChI is InChI=1S/C17H31N3O/c1-12(2)19-17(16(18)21)9-7-14(11-17)20-10-8-13-5-3-4-6-15(13)20/h12-15,19H,3-11H2,1-2H3,(H2,18,21). The lowest BCUT2D eigenvalue weighted by molar-refractivity contribution is -0.124. The van der Waals surface area contributed by atoms with Crippen LogP contribution in [0.2, 0.25) is 0 Å². The summed E-state index contributed by atoms with van der Waals surface area (Å²) < 4.78 is 0. The van der Waals surface area contributed by atoms with Crippen molar-refractivity contribution in [3.8, 4) is 0 Å². The summed E-state index contributed by atoms with van der Waals surface area (Å²) in [6.07, 6.45) is 9.87. The fourth-order valence-corrected chi connectivity index (χ4v) is 5.18. The predicted octanol–water partition coefficient (Wildman–Crippen LogP) is 2.03. The summed E-state index contributed by atoms with van der Waals surface area (Å²) in [6, 6.07) is 1.64. The van der Waals surface area contributed by atoms with Gasteiger partial charge in [0, 0.05) is 18.1 Å². The number of carbonyl (C=O) groups excluding carboxylic acids is 1. The molecule has 4 nitrogen and oxygen atoms in total. The van der Waals surface area contributed by atoms with Crippen molar-refractivity contribution in [3.63, 3.8) is 0 Å². The van der Waals surface area contributed by atoms with Gasteiger partial charge >= 0.3 is 0 Å². The van der Waals surface area contributed by atoms with E-state index in [1.54, 1.807) is 0 Å². The van der Waals surface area contributed by atoms with Crippen LogP contribution < -0.4 is 11.1 Å². The first-order valence-electron chi connectivity index (χ1n) is 8.85. The molecule has 120 valence electrons. The number of nitrogens with two attached hydrogens (primary N) is 1. The van der Waals surface area contributed by atoms with Gasteiger partial charge in [-0.25, -0.2) is 0 Å². The Hall–Kier alpha value is -0.610. The zero-order valence-corrected chi connectivity index (χ0v) is 13.6. The molecule has 1 heterocycles. The average molecular weight is 293 g/mol. The normalized spacial score (nSPS) is 40.6. The molecule has 3 rings (SSSR count). The largest absolute Gasteiger partial charge is 0.368 e. The van der Waals surface area contributed by atoms with E-state index in [-0.39, 0.29) is 5.91 Å². The molecule has 21 heavy (non-hydrogen) atoms. The monoisotopic (exact) mass is 293 g/mol. The smallest absolute Gasteiger partial charge is 0.237 e. The van der Waals surface area contributed by atoms with Crippen molar-refractivity contribution in [3.05, 3.63) is 0 Å². The van der Waals surface area contributed by atoms with Gasteiger partial charge in [-0.05, 0) is 64.8 Å². The van der Waals surface area contributed by atoms with Crippen molar-refractivity contribution < 1.29 is 4.79 Å². The van der Waals surface area contributed by atoms with E-state index in [9.17, 15) is 4.79 Å². The first-order valence-corrected chi connectivity index (χ1v) is 8.85. The molecule has 0 bridgehead atoms. The first-order chi connectivity index (χ1) is 10.0. The lowest BCUT2D eigenvalue weighted by atomic mass is 9.85. The summed E-state index contributed by atoms with van der Waals surface area (Å²) in [5, 5.41) is 3.48. The number of likely N-dealkylation sites (tertiary alicyclic amines) is 1. The number of primary amides is 1. The molecule has 0 aromatic carbocycles. The first kappa shape index (κ1) is 15.3. The third-order valence-corrected chi connectivity index (χ3v) is 6.05. The molecule has 1 saturated heterocycles. The van der Waals surface area contributed by atoms with E-state index in [1.807, 2.05) is 0 Å². The molecule has 4 heteroatoms. The van der Waals surface area contributed by atoms with Gasteiger partial charge in [0.2, 0.25) is 5.91 Å². The number of nitrogens with one attached hydrogen (secondary N) is 1. The lowest BCUT2D eigenvalue weighted by Crippen LogP contribution is -2.57. The van der Waals surface area contributed by atoms with E-state index in [2.05, 4.69) is 24.1 Å². The van der Waals surface area contributed by atoms with E-state index in [4.69, 9.17) is 5.73 Å². The summed E-state index contributed by atoms with van der Waals surface area (Å²) in [5.74, 6) is 0.762. The summed E-state index contributed by atoms with van der Waals surface area (Å²) in [7, 11) is 0. The van der Waals surface area contributed by atoms with Crippen molar-refractivity contribution >= 4 is 5.91 Å². The Bertz CT molecular complexity index is 397. The molecule has 1 amide bonds. The highest BCUT2D eigenvalue weighted by Gasteiger charge is 2.49. The Labute approximate surface area is 128 Å². The molecule has 3 aliphatic rings. The fraction of sp³-hybridized carbons (Fsp3) is 0.941. The van der Waals surface area contributed by atoms with Gasteiger partial charge in [-0.3, -0.25) is 9.69 Å². The van der Waals surface area contributed by atoms with Crippen molar-refractivity contribution in [2.45, 2.75) is 88.9 Å². The van der Waals surface area contributed by atoms with Gasteiger partial charge in [0.15, 0.2) is 0 Å². The van der Waals surface area contributed by atoms with Gasteiger partial charge < -0.3 is 11.1 Å². The van der Waals surface area contributed by atoms with Crippen LogP contribution in [-0.4, -0.2) is 41.0 Å². The molecule has 0 aromatic rings. The van der Waals surface area contributed by atoms with Crippen molar-refractivity contribution in [2.75, 3.05) is 6.54 Å². The van der Waals surface area contributed by atoms with Gasteiger partial charge in [-0.15, -0.1) is 0 Å². The van der Waals surface area contributed by atoms with E-state index in [1.165, 1.54) is 38.6 Å². The third-order valence-electron chi connectivity index (χ3n) is 6.05. The van der Waals surface area contributed by atoms with Crippen molar-refractivity contribution in [1.82, 2.24) is 10.2 Å². The Balaban J connectivity index is 1.69. The quantitative estimate of drug-likeness (QED) is 0.834. The molecule has 0 radical (unpaired) electrons. The molecule has 0 aromatic heterocycles. The van der Waals surface area contributed by atoms with Gasteiger partial charge in [-0.1, -0.05) is 12.8 Å². The van der Waals surface area contributed by atoms with Crippen LogP contribution in [0.4, 0.5) is 0 Å². The minimum absolute atomic E-state index is 0.155. The summed E-state index contributed by atoms with van der Waals surface area (Å²) in [5.41, 5.74) is 5.29. The molecule has 3 N–H and O–H groups in total. The number of amides is 1. The third kappa shape index (κ3) is 2.85. The predicted molar refractivity (Wildman–Crippen MR) is 84.9 cm³/mol. The zero-order valence-electron chi connectivity index (χ0n) is 13.6. The molecule has 2 aliphatic carbocycles. The molecule has 4 unspecified atom stereocenters. The maximum Gasteiger partial charge on any atom is 0.237 e. The minimum Gasteiger partial charge on any atom is -0.368 e. The van der Waals surface area contributed by atoms with E-state index in [0.717, 1.165) is 31.2 Å². The Morgan fingerprint density at radius 3 is 2.71 bits per heavy atom. The number of hydrogen-bond donors (Lipinski definition) is 2. The SMILES string of the molecule is CC(C)NC1(C(N)=O)CCC(N2CCC3CCCCC32)C1. The molecule has 4 atom stereocenters. The maximum atomic E-state index is 12.0. The number of carbonyl (C=O) groups is 1.